The summed E-state index contributed by atoms with van der Waals surface area (Å²) in [5.41, 5.74) is -0.0658. The average molecular weight is 317 g/mol. The third kappa shape index (κ3) is 4.91. The van der Waals surface area contributed by atoms with E-state index >= 15 is 0 Å². The molecule has 23 heavy (non-hydrogen) atoms. The second kappa shape index (κ2) is 6.93. The number of hydrogen-bond donors (Lipinski definition) is 2. The predicted molar refractivity (Wildman–Crippen MR) is 88.0 cm³/mol. The number of benzene rings is 1. The van der Waals surface area contributed by atoms with Crippen molar-refractivity contribution in [1.82, 2.24) is 10.1 Å². The third-order valence-electron chi connectivity index (χ3n) is 3.32. The van der Waals surface area contributed by atoms with Crippen LogP contribution in [0, 0.1) is 6.92 Å². The lowest BCUT2D eigenvalue weighted by Gasteiger charge is -2.31. The molecule has 0 radical (unpaired) electrons. The summed E-state index contributed by atoms with van der Waals surface area (Å²) in [7, 11) is 1.81. The molecule has 0 aliphatic rings. The summed E-state index contributed by atoms with van der Waals surface area (Å²) in [6, 6.07) is 10.6. The van der Waals surface area contributed by atoms with Crippen molar-refractivity contribution in [3.63, 3.8) is 0 Å². The van der Waals surface area contributed by atoms with E-state index in [1.165, 1.54) is 0 Å². The Morgan fingerprint density at radius 3 is 2.57 bits per heavy atom. The number of anilines is 1. The van der Waals surface area contributed by atoms with Crippen molar-refractivity contribution >= 4 is 11.7 Å². The quantitative estimate of drug-likeness (QED) is 0.855. The van der Waals surface area contributed by atoms with Crippen LogP contribution in [0.3, 0.4) is 0 Å². The van der Waals surface area contributed by atoms with Gasteiger partial charge in [-0.15, -0.1) is 0 Å². The minimum Gasteiger partial charge on any atom is -0.389 e. The van der Waals surface area contributed by atoms with Gasteiger partial charge in [0.05, 0.1) is 5.60 Å². The van der Waals surface area contributed by atoms with Crippen LogP contribution in [0.1, 0.15) is 31.2 Å². The van der Waals surface area contributed by atoms with E-state index in [0.717, 1.165) is 5.56 Å². The number of likely N-dealkylation sites (N-methyl/N-ethyl adjacent to an activating group) is 1. The van der Waals surface area contributed by atoms with Crippen LogP contribution in [0.2, 0.25) is 0 Å². The molecule has 1 aromatic carbocycles. The van der Waals surface area contributed by atoms with E-state index in [0.29, 0.717) is 18.1 Å². The highest BCUT2D eigenvalue weighted by Crippen LogP contribution is 2.23. The Bertz CT molecular complexity index is 647. The summed E-state index contributed by atoms with van der Waals surface area (Å²) in [6.07, 6.45) is 0. The van der Waals surface area contributed by atoms with E-state index in [2.05, 4.69) is 10.5 Å². The van der Waals surface area contributed by atoms with Gasteiger partial charge in [0.15, 0.2) is 5.82 Å². The first-order valence-corrected chi connectivity index (χ1v) is 7.48. The average Bonchev–Trinajstić information content (AvgIpc) is 2.83. The zero-order valence-corrected chi connectivity index (χ0v) is 13.9. The highest BCUT2D eigenvalue weighted by Gasteiger charge is 2.29. The molecule has 6 nitrogen and oxygen atoms in total. The van der Waals surface area contributed by atoms with Crippen LogP contribution in [0.4, 0.5) is 5.82 Å². The van der Waals surface area contributed by atoms with Crippen molar-refractivity contribution in [2.45, 2.75) is 32.4 Å². The molecule has 1 heterocycles. The third-order valence-corrected chi connectivity index (χ3v) is 3.32. The topological polar surface area (TPSA) is 78.6 Å². The Kier molecular flexibility index (Phi) is 5.18. The fourth-order valence-electron chi connectivity index (χ4n) is 2.56. The molecule has 0 bridgehead atoms. The van der Waals surface area contributed by atoms with Gasteiger partial charge < -0.3 is 14.9 Å². The van der Waals surface area contributed by atoms with Gasteiger partial charge in [0.2, 0.25) is 5.91 Å². The Morgan fingerprint density at radius 1 is 1.39 bits per heavy atom. The summed E-state index contributed by atoms with van der Waals surface area (Å²) in [5.74, 6) is 0.780. The molecule has 2 aromatic rings. The maximum atomic E-state index is 12.7. The number of aromatic nitrogens is 1. The molecular formula is C17H23N3O3. The number of aryl methyl sites for hydroxylation is 1. The molecule has 0 aliphatic heterocycles. The van der Waals surface area contributed by atoms with Crippen LogP contribution in [-0.4, -0.2) is 40.3 Å². The van der Waals surface area contributed by atoms with E-state index in [-0.39, 0.29) is 5.91 Å². The van der Waals surface area contributed by atoms with E-state index in [4.69, 9.17) is 4.52 Å². The number of hydrogen-bond acceptors (Lipinski definition) is 5. The molecule has 6 heteroatoms. The number of nitrogens with one attached hydrogen (secondary N) is 1. The van der Waals surface area contributed by atoms with Crippen LogP contribution in [-0.2, 0) is 4.79 Å². The molecule has 2 N–H and O–H groups in total. The maximum Gasteiger partial charge on any atom is 0.247 e. The number of carbonyl (C=O) groups excluding carboxylic acids is 1. The van der Waals surface area contributed by atoms with Crippen LogP contribution >= 0.6 is 0 Å². The standard InChI is InChI=1S/C17H23N3O3/c1-12-10-14(19-23-12)18-16(21)15(13-8-6-5-7-9-13)20(4)11-17(2,3)22/h5-10,15,22H,11H2,1-4H3,(H,18,19,21). The summed E-state index contributed by atoms with van der Waals surface area (Å²) < 4.78 is 4.97. The molecule has 0 spiro atoms. The maximum absolute atomic E-state index is 12.7. The Balaban J connectivity index is 2.24. The number of rotatable bonds is 6. The molecule has 1 aromatic heterocycles. The Labute approximate surface area is 136 Å². The van der Waals surface area contributed by atoms with Gasteiger partial charge in [-0.3, -0.25) is 9.69 Å². The van der Waals surface area contributed by atoms with Gasteiger partial charge in [0, 0.05) is 12.6 Å². The van der Waals surface area contributed by atoms with E-state index in [1.807, 2.05) is 42.3 Å². The Hall–Kier alpha value is -2.18. The van der Waals surface area contributed by atoms with Crippen molar-refractivity contribution in [1.29, 1.82) is 0 Å². The first-order chi connectivity index (χ1) is 10.8. The second-order valence-electron chi connectivity index (χ2n) is 6.35. The summed E-state index contributed by atoms with van der Waals surface area (Å²) in [4.78, 5) is 14.6. The zero-order valence-electron chi connectivity index (χ0n) is 13.9. The van der Waals surface area contributed by atoms with Gasteiger partial charge >= 0.3 is 0 Å². The molecule has 0 saturated heterocycles. The van der Waals surface area contributed by atoms with Crippen molar-refractivity contribution in [2.24, 2.45) is 0 Å². The second-order valence-corrected chi connectivity index (χ2v) is 6.35. The van der Waals surface area contributed by atoms with Gasteiger partial charge in [0.25, 0.3) is 0 Å². The first kappa shape index (κ1) is 17.2. The largest absolute Gasteiger partial charge is 0.389 e. The summed E-state index contributed by atoms with van der Waals surface area (Å²) in [6.45, 7) is 5.53. The molecule has 1 amide bonds. The van der Waals surface area contributed by atoms with Gasteiger partial charge in [-0.05, 0) is 33.4 Å². The molecule has 1 unspecified atom stereocenters. The van der Waals surface area contributed by atoms with Crippen LogP contribution in [0.15, 0.2) is 40.9 Å². The van der Waals surface area contributed by atoms with Crippen molar-refractivity contribution in [2.75, 3.05) is 18.9 Å². The van der Waals surface area contributed by atoms with Crippen LogP contribution in [0.5, 0.6) is 0 Å². The molecule has 124 valence electrons. The fraction of sp³-hybridized carbons (Fsp3) is 0.412. The lowest BCUT2D eigenvalue weighted by atomic mass is 10.0. The monoisotopic (exact) mass is 317 g/mol. The lowest BCUT2D eigenvalue weighted by Crippen LogP contribution is -2.42. The first-order valence-electron chi connectivity index (χ1n) is 7.48. The highest BCUT2D eigenvalue weighted by molar-refractivity contribution is 5.94. The van der Waals surface area contributed by atoms with Crippen LogP contribution < -0.4 is 5.32 Å². The minimum atomic E-state index is -0.910. The molecule has 0 aliphatic carbocycles. The van der Waals surface area contributed by atoms with Crippen LogP contribution in [0.25, 0.3) is 0 Å². The summed E-state index contributed by atoms with van der Waals surface area (Å²) in [5, 5.41) is 16.6. The molecule has 0 fully saturated rings. The number of amides is 1. The lowest BCUT2D eigenvalue weighted by molar-refractivity contribution is -0.122. The van der Waals surface area contributed by atoms with Gasteiger partial charge in [-0.2, -0.15) is 0 Å². The molecule has 1 atom stereocenters. The summed E-state index contributed by atoms with van der Waals surface area (Å²) >= 11 is 0. The number of aliphatic hydroxyl groups is 1. The fourth-order valence-corrected chi connectivity index (χ4v) is 2.56. The SMILES string of the molecule is Cc1cc(NC(=O)C(c2ccccc2)N(C)CC(C)(C)O)no1. The van der Waals surface area contributed by atoms with Crippen molar-refractivity contribution in [3.8, 4) is 0 Å². The smallest absolute Gasteiger partial charge is 0.247 e. The zero-order chi connectivity index (χ0) is 17.0. The van der Waals surface area contributed by atoms with Gasteiger partial charge in [-0.1, -0.05) is 35.5 Å². The number of nitrogens with zero attached hydrogens (tertiary/aromatic N) is 2. The molecule has 0 saturated carbocycles. The van der Waals surface area contributed by atoms with E-state index in [1.54, 1.807) is 26.8 Å². The predicted octanol–water partition coefficient (Wildman–Crippen LogP) is 2.37. The normalized spacial score (nSPS) is 13.1. The molecule has 2 rings (SSSR count). The number of carbonyl (C=O) groups is 1. The van der Waals surface area contributed by atoms with Crippen molar-refractivity contribution in [3.05, 3.63) is 47.7 Å². The van der Waals surface area contributed by atoms with Gasteiger partial charge in [-0.25, -0.2) is 0 Å². The van der Waals surface area contributed by atoms with Crippen molar-refractivity contribution < 1.29 is 14.4 Å². The Morgan fingerprint density at radius 2 is 2.04 bits per heavy atom. The van der Waals surface area contributed by atoms with E-state index < -0.39 is 11.6 Å². The molecular weight excluding hydrogens is 294 g/mol. The minimum absolute atomic E-state index is 0.226. The van der Waals surface area contributed by atoms with Gasteiger partial charge in [0.1, 0.15) is 11.8 Å². The highest BCUT2D eigenvalue weighted by atomic mass is 16.5. The van der Waals surface area contributed by atoms with E-state index in [9.17, 15) is 9.90 Å².